The van der Waals surface area contributed by atoms with Crippen LogP contribution in [0, 0.1) is 0 Å². The summed E-state index contributed by atoms with van der Waals surface area (Å²) >= 11 is 7.91. The molecule has 0 fully saturated rings. The second-order valence-electron chi connectivity index (χ2n) is 3.53. The third-order valence-electron chi connectivity index (χ3n) is 2.31. The van der Waals surface area contributed by atoms with Crippen LogP contribution >= 0.6 is 23.4 Å². The average Bonchev–Trinajstić information content (AvgIpc) is 2.35. The third kappa shape index (κ3) is 3.22. The van der Waals surface area contributed by atoms with E-state index in [0.717, 1.165) is 17.1 Å². The molecular formula is C13H13ClN2S. The number of hydrogen-bond donors (Lipinski definition) is 1. The summed E-state index contributed by atoms with van der Waals surface area (Å²) in [6.07, 6.45) is 3.59. The molecule has 0 aliphatic carbocycles. The first-order valence-corrected chi connectivity index (χ1v) is 6.50. The van der Waals surface area contributed by atoms with E-state index >= 15 is 0 Å². The van der Waals surface area contributed by atoms with E-state index in [1.807, 2.05) is 31.3 Å². The Hall–Kier alpha value is -1.03. The standard InChI is InChI=1S/C13H13ClN2S/c1-15-9-11-12(14)3-2-4-13(11)17-10-5-7-16-8-6-10/h2-8,15H,9H2,1H3. The number of benzene rings is 1. The van der Waals surface area contributed by atoms with E-state index in [0.29, 0.717) is 0 Å². The van der Waals surface area contributed by atoms with E-state index < -0.39 is 0 Å². The van der Waals surface area contributed by atoms with Gasteiger partial charge in [0.15, 0.2) is 0 Å². The predicted octanol–water partition coefficient (Wildman–Crippen LogP) is 3.61. The molecule has 4 heteroatoms. The molecule has 1 aromatic heterocycles. The molecule has 2 nitrogen and oxygen atoms in total. The highest BCUT2D eigenvalue weighted by Crippen LogP contribution is 2.33. The molecule has 0 saturated carbocycles. The minimum Gasteiger partial charge on any atom is -0.316 e. The van der Waals surface area contributed by atoms with Gasteiger partial charge in [0.25, 0.3) is 0 Å². The average molecular weight is 265 g/mol. The van der Waals surface area contributed by atoms with Gasteiger partial charge in [0.05, 0.1) is 0 Å². The van der Waals surface area contributed by atoms with Gasteiger partial charge >= 0.3 is 0 Å². The molecule has 1 N–H and O–H groups in total. The molecule has 17 heavy (non-hydrogen) atoms. The van der Waals surface area contributed by atoms with Crippen LogP contribution in [0.1, 0.15) is 5.56 Å². The first kappa shape index (κ1) is 12.4. The summed E-state index contributed by atoms with van der Waals surface area (Å²) in [4.78, 5) is 6.36. The Kier molecular flexibility index (Phi) is 4.42. The lowest BCUT2D eigenvalue weighted by molar-refractivity contribution is 0.803. The number of hydrogen-bond acceptors (Lipinski definition) is 3. The Bertz CT molecular complexity index is 488. The maximum absolute atomic E-state index is 6.21. The van der Waals surface area contributed by atoms with Crippen LogP contribution in [0.5, 0.6) is 0 Å². The Morgan fingerprint density at radius 3 is 2.71 bits per heavy atom. The lowest BCUT2D eigenvalue weighted by Gasteiger charge is -2.10. The van der Waals surface area contributed by atoms with E-state index in [1.54, 1.807) is 24.2 Å². The largest absolute Gasteiger partial charge is 0.316 e. The second kappa shape index (κ2) is 6.05. The fourth-order valence-corrected chi connectivity index (χ4v) is 2.78. The highest BCUT2D eigenvalue weighted by atomic mass is 35.5. The van der Waals surface area contributed by atoms with Crippen LogP contribution in [0.4, 0.5) is 0 Å². The monoisotopic (exact) mass is 264 g/mol. The molecule has 88 valence electrons. The number of rotatable bonds is 4. The SMILES string of the molecule is CNCc1c(Cl)cccc1Sc1ccncc1. The van der Waals surface area contributed by atoms with Crippen molar-refractivity contribution in [2.45, 2.75) is 16.3 Å². The van der Waals surface area contributed by atoms with Crippen LogP contribution in [0.3, 0.4) is 0 Å². The van der Waals surface area contributed by atoms with Crippen LogP contribution in [0.15, 0.2) is 52.5 Å². The van der Waals surface area contributed by atoms with Gasteiger partial charge in [0.1, 0.15) is 0 Å². The van der Waals surface area contributed by atoms with Crippen LogP contribution in [-0.2, 0) is 6.54 Å². The minimum atomic E-state index is 0.771. The smallest absolute Gasteiger partial charge is 0.0462 e. The van der Waals surface area contributed by atoms with Gasteiger partial charge in [-0.25, -0.2) is 0 Å². The van der Waals surface area contributed by atoms with Crippen molar-refractivity contribution in [3.63, 3.8) is 0 Å². The number of halogens is 1. The van der Waals surface area contributed by atoms with E-state index in [4.69, 9.17) is 11.6 Å². The van der Waals surface area contributed by atoms with Gasteiger partial charge in [-0.05, 0) is 36.9 Å². The summed E-state index contributed by atoms with van der Waals surface area (Å²) in [6.45, 7) is 0.771. The highest BCUT2D eigenvalue weighted by molar-refractivity contribution is 7.99. The maximum Gasteiger partial charge on any atom is 0.0462 e. The van der Waals surface area contributed by atoms with Gasteiger partial charge < -0.3 is 5.32 Å². The first-order chi connectivity index (χ1) is 8.31. The van der Waals surface area contributed by atoms with Crippen LogP contribution in [0.2, 0.25) is 5.02 Å². The highest BCUT2D eigenvalue weighted by Gasteiger charge is 2.07. The zero-order valence-corrected chi connectivity index (χ0v) is 11.1. The van der Waals surface area contributed by atoms with Crippen LogP contribution in [0.25, 0.3) is 0 Å². The third-order valence-corrected chi connectivity index (χ3v) is 3.77. The van der Waals surface area contributed by atoms with Crippen molar-refractivity contribution in [3.05, 3.63) is 53.3 Å². The fourth-order valence-electron chi connectivity index (χ4n) is 1.52. The molecular weight excluding hydrogens is 252 g/mol. The van der Waals surface area contributed by atoms with Gasteiger partial charge in [-0.3, -0.25) is 4.98 Å². The molecule has 0 spiro atoms. The Balaban J connectivity index is 2.29. The molecule has 1 aromatic carbocycles. The molecule has 0 aliphatic rings. The van der Waals surface area contributed by atoms with Crippen molar-refractivity contribution in [2.24, 2.45) is 0 Å². The summed E-state index contributed by atoms with van der Waals surface area (Å²) in [5.41, 5.74) is 1.14. The van der Waals surface area contributed by atoms with Crippen molar-refractivity contribution in [2.75, 3.05) is 7.05 Å². The summed E-state index contributed by atoms with van der Waals surface area (Å²) in [6, 6.07) is 9.98. The quantitative estimate of drug-likeness (QED) is 0.913. The normalized spacial score (nSPS) is 10.5. The van der Waals surface area contributed by atoms with E-state index in [1.165, 1.54) is 9.79 Å². The molecule has 1 heterocycles. The van der Waals surface area contributed by atoms with Crippen LogP contribution in [-0.4, -0.2) is 12.0 Å². The zero-order valence-electron chi connectivity index (χ0n) is 9.48. The Morgan fingerprint density at radius 2 is 2.00 bits per heavy atom. The van der Waals surface area contributed by atoms with Crippen molar-refractivity contribution in [1.82, 2.24) is 10.3 Å². The van der Waals surface area contributed by atoms with E-state index in [9.17, 15) is 0 Å². The Labute approximate surface area is 110 Å². The second-order valence-corrected chi connectivity index (χ2v) is 5.05. The Morgan fingerprint density at radius 1 is 1.24 bits per heavy atom. The molecule has 0 radical (unpaired) electrons. The molecule has 0 unspecified atom stereocenters. The topological polar surface area (TPSA) is 24.9 Å². The summed E-state index contributed by atoms with van der Waals surface area (Å²) < 4.78 is 0. The summed E-state index contributed by atoms with van der Waals surface area (Å²) in [5, 5.41) is 3.94. The number of aromatic nitrogens is 1. The van der Waals surface area contributed by atoms with Crippen molar-refractivity contribution in [3.8, 4) is 0 Å². The van der Waals surface area contributed by atoms with E-state index in [2.05, 4.69) is 16.4 Å². The minimum absolute atomic E-state index is 0.771. The fraction of sp³-hybridized carbons (Fsp3) is 0.154. The maximum atomic E-state index is 6.21. The van der Waals surface area contributed by atoms with E-state index in [-0.39, 0.29) is 0 Å². The predicted molar refractivity (Wildman–Crippen MR) is 72.6 cm³/mol. The number of pyridine rings is 1. The lowest BCUT2D eigenvalue weighted by Crippen LogP contribution is -2.06. The summed E-state index contributed by atoms with van der Waals surface area (Å²) in [5.74, 6) is 0. The van der Waals surface area contributed by atoms with Gasteiger partial charge in [-0.15, -0.1) is 0 Å². The van der Waals surface area contributed by atoms with Gasteiger partial charge in [-0.1, -0.05) is 29.4 Å². The first-order valence-electron chi connectivity index (χ1n) is 5.31. The number of nitrogens with one attached hydrogen (secondary N) is 1. The van der Waals surface area contributed by atoms with Gasteiger partial charge in [0.2, 0.25) is 0 Å². The lowest BCUT2D eigenvalue weighted by atomic mass is 10.2. The summed E-state index contributed by atoms with van der Waals surface area (Å²) in [7, 11) is 1.92. The molecule has 0 atom stereocenters. The van der Waals surface area contributed by atoms with Crippen LogP contribution < -0.4 is 5.32 Å². The van der Waals surface area contributed by atoms with Crippen molar-refractivity contribution < 1.29 is 0 Å². The molecule has 2 rings (SSSR count). The van der Waals surface area contributed by atoms with Crippen molar-refractivity contribution in [1.29, 1.82) is 0 Å². The van der Waals surface area contributed by atoms with Crippen molar-refractivity contribution >= 4 is 23.4 Å². The molecule has 0 aliphatic heterocycles. The molecule has 0 amide bonds. The number of nitrogens with zero attached hydrogens (tertiary/aromatic N) is 1. The molecule has 0 saturated heterocycles. The zero-order chi connectivity index (χ0) is 12.1. The molecule has 0 bridgehead atoms. The molecule has 2 aromatic rings. The van der Waals surface area contributed by atoms with Gasteiger partial charge in [-0.2, -0.15) is 0 Å². The van der Waals surface area contributed by atoms with Gasteiger partial charge in [0, 0.05) is 33.8 Å².